The molecule has 0 saturated heterocycles. The molecule has 2 N–H and O–H groups in total. The maximum atomic E-state index is 13.2. The van der Waals surface area contributed by atoms with E-state index in [1.807, 2.05) is 0 Å². The van der Waals surface area contributed by atoms with Gasteiger partial charge in [-0.3, -0.25) is 0 Å². The molecule has 2 aromatic heterocycles. The lowest BCUT2D eigenvalue weighted by Gasteiger charge is -1.92. The normalized spacial score (nSPS) is 11.7. The molecule has 0 aliphatic carbocycles. The average molecular weight is 259 g/mol. The van der Waals surface area contributed by atoms with E-state index in [9.17, 15) is 9.50 Å². The number of H-pyrrole nitrogens is 1. The summed E-state index contributed by atoms with van der Waals surface area (Å²) in [5.74, 6) is 0.590. The smallest absolute Gasteiger partial charge is 0.198 e. The van der Waals surface area contributed by atoms with Crippen molar-refractivity contribution in [3.63, 3.8) is 0 Å². The van der Waals surface area contributed by atoms with E-state index in [0.29, 0.717) is 28.0 Å². The maximum absolute atomic E-state index is 13.2. The molecule has 0 radical (unpaired) electrons. The minimum Gasteiger partial charge on any atom is -0.494 e. The zero-order valence-electron chi connectivity index (χ0n) is 10.0. The number of hydrogen-bond acceptors (Lipinski definition) is 4. The SMILES string of the molecule is Cc1cc(N=Cc2c(O)[nH]c3ccc(F)cc23)no1. The Morgan fingerprint density at radius 3 is 3.00 bits per heavy atom. The van der Waals surface area contributed by atoms with E-state index in [1.165, 1.54) is 18.3 Å². The number of aliphatic imine (C=N–C) groups is 1. The lowest BCUT2D eigenvalue weighted by atomic mass is 10.2. The molecule has 19 heavy (non-hydrogen) atoms. The van der Waals surface area contributed by atoms with Crippen molar-refractivity contribution in [1.82, 2.24) is 10.1 Å². The zero-order chi connectivity index (χ0) is 13.4. The first-order valence-electron chi connectivity index (χ1n) is 5.61. The van der Waals surface area contributed by atoms with E-state index < -0.39 is 0 Å². The number of aromatic amines is 1. The second-order valence-electron chi connectivity index (χ2n) is 4.13. The lowest BCUT2D eigenvalue weighted by Crippen LogP contribution is -1.80. The van der Waals surface area contributed by atoms with Crippen LogP contribution in [0.5, 0.6) is 5.88 Å². The highest BCUT2D eigenvalue weighted by Crippen LogP contribution is 2.26. The molecule has 5 nitrogen and oxygen atoms in total. The van der Waals surface area contributed by atoms with Gasteiger partial charge in [0.15, 0.2) is 11.7 Å². The van der Waals surface area contributed by atoms with Gasteiger partial charge in [-0.1, -0.05) is 5.16 Å². The Labute approximate surface area is 107 Å². The van der Waals surface area contributed by atoms with Gasteiger partial charge in [-0.05, 0) is 25.1 Å². The van der Waals surface area contributed by atoms with Gasteiger partial charge in [0.1, 0.15) is 11.6 Å². The van der Waals surface area contributed by atoms with Gasteiger partial charge < -0.3 is 14.6 Å². The number of fused-ring (bicyclic) bond motifs is 1. The van der Waals surface area contributed by atoms with E-state index >= 15 is 0 Å². The van der Waals surface area contributed by atoms with Crippen molar-refractivity contribution in [2.75, 3.05) is 0 Å². The topological polar surface area (TPSA) is 74.4 Å². The number of nitrogens with zero attached hydrogens (tertiary/aromatic N) is 2. The molecular formula is C13H10FN3O2. The third-order valence-corrected chi connectivity index (χ3v) is 2.72. The molecule has 0 aliphatic heterocycles. The van der Waals surface area contributed by atoms with Crippen molar-refractivity contribution in [2.45, 2.75) is 6.92 Å². The molecule has 1 aromatic carbocycles. The van der Waals surface area contributed by atoms with E-state index in [4.69, 9.17) is 4.52 Å². The standard InChI is InChI=1S/C13H10FN3O2/c1-7-4-12(17-19-7)15-6-10-9-5-8(14)2-3-11(9)16-13(10)18/h2-6,16,18H,1H3. The number of hydrogen-bond donors (Lipinski definition) is 2. The van der Waals surface area contributed by atoms with Crippen LogP contribution in [0.1, 0.15) is 11.3 Å². The molecule has 0 amide bonds. The van der Waals surface area contributed by atoms with Gasteiger partial charge >= 0.3 is 0 Å². The Morgan fingerprint density at radius 2 is 2.26 bits per heavy atom. The molecule has 0 bridgehead atoms. The molecule has 3 rings (SSSR count). The van der Waals surface area contributed by atoms with Crippen molar-refractivity contribution in [1.29, 1.82) is 0 Å². The molecule has 3 aromatic rings. The summed E-state index contributed by atoms with van der Waals surface area (Å²) in [5, 5.41) is 14.1. The van der Waals surface area contributed by atoms with Crippen molar-refractivity contribution in [3.05, 3.63) is 41.4 Å². The molecular weight excluding hydrogens is 249 g/mol. The first-order valence-corrected chi connectivity index (χ1v) is 5.61. The lowest BCUT2D eigenvalue weighted by molar-refractivity contribution is 0.399. The third-order valence-electron chi connectivity index (χ3n) is 2.72. The highest BCUT2D eigenvalue weighted by atomic mass is 19.1. The van der Waals surface area contributed by atoms with E-state index in [1.54, 1.807) is 19.1 Å². The molecule has 0 fully saturated rings. The molecule has 2 heterocycles. The summed E-state index contributed by atoms with van der Waals surface area (Å²) in [4.78, 5) is 6.83. The Balaban J connectivity index is 2.07. The quantitative estimate of drug-likeness (QED) is 0.694. The number of aryl methyl sites for hydroxylation is 1. The summed E-state index contributed by atoms with van der Waals surface area (Å²) in [6.07, 6.45) is 1.42. The minimum absolute atomic E-state index is 0.0652. The second-order valence-corrected chi connectivity index (χ2v) is 4.13. The van der Waals surface area contributed by atoms with Crippen molar-refractivity contribution in [2.24, 2.45) is 4.99 Å². The largest absolute Gasteiger partial charge is 0.494 e. The molecule has 0 spiro atoms. The summed E-state index contributed by atoms with van der Waals surface area (Å²) in [6, 6.07) is 5.87. The first-order chi connectivity index (χ1) is 9.13. The Bertz CT molecular complexity index is 773. The van der Waals surface area contributed by atoms with Crippen molar-refractivity contribution >= 4 is 22.9 Å². The van der Waals surface area contributed by atoms with Crippen LogP contribution >= 0.6 is 0 Å². The predicted molar refractivity (Wildman–Crippen MR) is 68.4 cm³/mol. The van der Waals surface area contributed by atoms with Crippen molar-refractivity contribution in [3.8, 4) is 5.88 Å². The molecule has 0 aliphatic rings. The molecule has 0 saturated carbocycles. The van der Waals surface area contributed by atoms with Crippen LogP contribution in [0.15, 0.2) is 33.8 Å². The molecule has 96 valence electrons. The second kappa shape index (κ2) is 4.24. The Hall–Kier alpha value is -2.63. The Kier molecular flexibility index (Phi) is 2.56. The fraction of sp³-hybridized carbons (Fsp3) is 0.0769. The predicted octanol–water partition coefficient (Wildman–Crippen LogP) is 3.06. The van der Waals surface area contributed by atoms with Gasteiger partial charge in [-0.15, -0.1) is 0 Å². The van der Waals surface area contributed by atoms with Crippen LogP contribution in [-0.2, 0) is 0 Å². The fourth-order valence-electron chi connectivity index (χ4n) is 1.85. The van der Waals surface area contributed by atoms with E-state index in [2.05, 4.69) is 15.1 Å². The monoisotopic (exact) mass is 259 g/mol. The highest BCUT2D eigenvalue weighted by molar-refractivity contribution is 6.02. The average Bonchev–Trinajstić information content (AvgIpc) is 2.90. The zero-order valence-corrected chi connectivity index (χ0v) is 10.0. The van der Waals surface area contributed by atoms with Crippen LogP contribution in [0.3, 0.4) is 0 Å². The van der Waals surface area contributed by atoms with Crippen LogP contribution in [0.25, 0.3) is 10.9 Å². The summed E-state index contributed by atoms with van der Waals surface area (Å²) in [5.41, 5.74) is 1.05. The van der Waals surface area contributed by atoms with Crippen LogP contribution in [0, 0.1) is 12.7 Å². The molecule has 0 atom stereocenters. The first kappa shape index (κ1) is 11.5. The van der Waals surface area contributed by atoms with Crippen molar-refractivity contribution < 1.29 is 14.0 Å². The van der Waals surface area contributed by atoms with Gasteiger partial charge in [0, 0.05) is 23.2 Å². The summed E-state index contributed by atoms with van der Waals surface area (Å²) < 4.78 is 18.1. The van der Waals surface area contributed by atoms with Crippen LogP contribution < -0.4 is 0 Å². The van der Waals surface area contributed by atoms with Gasteiger partial charge in [-0.2, -0.15) is 0 Å². The Morgan fingerprint density at radius 1 is 1.42 bits per heavy atom. The molecule has 6 heteroatoms. The summed E-state index contributed by atoms with van der Waals surface area (Å²) in [7, 11) is 0. The fourth-order valence-corrected chi connectivity index (χ4v) is 1.85. The van der Waals surface area contributed by atoms with Crippen LogP contribution in [0.2, 0.25) is 0 Å². The maximum Gasteiger partial charge on any atom is 0.198 e. The minimum atomic E-state index is -0.376. The summed E-state index contributed by atoms with van der Waals surface area (Å²) in [6.45, 7) is 1.75. The van der Waals surface area contributed by atoms with Crippen LogP contribution in [-0.4, -0.2) is 21.5 Å². The summed E-state index contributed by atoms with van der Waals surface area (Å²) >= 11 is 0. The molecule has 0 unspecified atom stereocenters. The number of halogens is 1. The number of aromatic hydroxyl groups is 1. The number of benzene rings is 1. The number of aromatic nitrogens is 2. The van der Waals surface area contributed by atoms with Gasteiger partial charge in [0.25, 0.3) is 0 Å². The van der Waals surface area contributed by atoms with Crippen LogP contribution in [0.4, 0.5) is 10.2 Å². The van der Waals surface area contributed by atoms with E-state index in [0.717, 1.165) is 0 Å². The van der Waals surface area contributed by atoms with Gasteiger partial charge in [0.05, 0.1) is 5.56 Å². The van der Waals surface area contributed by atoms with Gasteiger partial charge in [0.2, 0.25) is 0 Å². The number of rotatable bonds is 2. The highest BCUT2D eigenvalue weighted by Gasteiger charge is 2.09. The van der Waals surface area contributed by atoms with Gasteiger partial charge in [-0.25, -0.2) is 9.38 Å². The van der Waals surface area contributed by atoms with E-state index in [-0.39, 0.29) is 11.7 Å². The number of nitrogens with one attached hydrogen (secondary N) is 1. The third kappa shape index (κ3) is 2.08.